The Morgan fingerprint density at radius 3 is 2.38 bits per heavy atom. The third-order valence-electron chi connectivity index (χ3n) is 5.70. The van der Waals surface area contributed by atoms with Crippen LogP contribution >= 0.6 is 22.7 Å². The highest BCUT2D eigenvalue weighted by Crippen LogP contribution is 2.48. The molecule has 0 atom stereocenters. The van der Waals surface area contributed by atoms with Crippen LogP contribution in [0.3, 0.4) is 0 Å². The first-order valence-electron chi connectivity index (χ1n) is 9.16. The lowest BCUT2D eigenvalue weighted by molar-refractivity contribution is 0.931. The molecular weight excluding hydrogens is 352 g/mol. The van der Waals surface area contributed by atoms with Crippen molar-refractivity contribution in [2.24, 2.45) is 0 Å². The van der Waals surface area contributed by atoms with Crippen molar-refractivity contribution < 1.29 is 0 Å². The number of fused-ring (bicyclic) bond motifs is 9. The molecule has 26 heavy (non-hydrogen) atoms. The smallest absolute Gasteiger partial charge is 0.0548 e. The zero-order chi connectivity index (χ0) is 17.4. The van der Waals surface area contributed by atoms with Crippen molar-refractivity contribution in [3.8, 4) is 0 Å². The maximum Gasteiger partial charge on any atom is 0.0548 e. The highest BCUT2D eigenvalue weighted by atomic mass is 32.1. The average Bonchev–Trinajstić information content (AvgIpc) is 3.17. The Hall–Kier alpha value is -2.16. The van der Waals surface area contributed by atoms with Crippen LogP contribution in [-0.4, -0.2) is 0 Å². The fourth-order valence-corrected chi connectivity index (χ4v) is 7.12. The zero-order valence-corrected chi connectivity index (χ0v) is 16.5. The number of hydrogen-bond donors (Lipinski definition) is 0. The van der Waals surface area contributed by atoms with E-state index in [-0.39, 0.29) is 0 Å². The molecular formula is C24H18S2. The van der Waals surface area contributed by atoms with Gasteiger partial charge in [-0.1, -0.05) is 47.5 Å². The minimum atomic E-state index is 1.18. The number of thiophene rings is 2. The quantitative estimate of drug-likeness (QED) is 0.258. The zero-order valence-electron chi connectivity index (χ0n) is 14.8. The van der Waals surface area contributed by atoms with Gasteiger partial charge in [-0.25, -0.2) is 0 Å². The molecule has 0 spiro atoms. The van der Waals surface area contributed by atoms with Crippen LogP contribution in [-0.2, 0) is 6.42 Å². The maximum absolute atomic E-state index is 2.43. The van der Waals surface area contributed by atoms with Gasteiger partial charge in [-0.3, -0.25) is 0 Å². The molecule has 0 unspecified atom stereocenters. The Bertz CT molecular complexity index is 1390. The fraction of sp³-hybridized carbons (Fsp3) is 0.167. The van der Waals surface area contributed by atoms with E-state index in [9.17, 15) is 0 Å². The molecule has 0 aliphatic heterocycles. The van der Waals surface area contributed by atoms with E-state index < -0.39 is 0 Å². The summed E-state index contributed by atoms with van der Waals surface area (Å²) in [4.78, 5) is 0. The van der Waals surface area contributed by atoms with E-state index in [0.717, 1.165) is 0 Å². The second-order valence-electron chi connectivity index (χ2n) is 7.53. The van der Waals surface area contributed by atoms with Gasteiger partial charge in [0.1, 0.15) is 0 Å². The van der Waals surface area contributed by atoms with Crippen molar-refractivity contribution >= 4 is 69.1 Å². The third-order valence-corrected chi connectivity index (χ3v) is 8.17. The van der Waals surface area contributed by atoms with E-state index in [1.54, 1.807) is 0 Å². The lowest BCUT2D eigenvalue weighted by Gasteiger charge is -2.14. The molecule has 126 valence electrons. The van der Waals surface area contributed by atoms with Gasteiger partial charge in [0.25, 0.3) is 0 Å². The van der Waals surface area contributed by atoms with Gasteiger partial charge in [-0.15, -0.1) is 22.7 Å². The molecule has 0 fully saturated rings. The summed E-state index contributed by atoms with van der Waals surface area (Å²) in [6, 6.07) is 16.1. The SMILES string of the molecule is CC1=Cc2c(ccc3sc4c(sc5ccc6ccc(C)cc6c54)c23)CC1. The molecule has 0 bridgehead atoms. The number of rotatable bonds is 0. The molecule has 0 saturated heterocycles. The first-order valence-corrected chi connectivity index (χ1v) is 10.8. The van der Waals surface area contributed by atoms with Crippen molar-refractivity contribution in [2.45, 2.75) is 26.7 Å². The summed E-state index contributed by atoms with van der Waals surface area (Å²) in [7, 11) is 0. The van der Waals surface area contributed by atoms with Gasteiger partial charge in [-0.2, -0.15) is 0 Å². The minimum absolute atomic E-state index is 1.18. The summed E-state index contributed by atoms with van der Waals surface area (Å²) in [5.74, 6) is 0. The Morgan fingerprint density at radius 1 is 0.769 bits per heavy atom. The Balaban J connectivity index is 1.84. The van der Waals surface area contributed by atoms with E-state index in [1.807, 2.05) is 22.7 Å². The normalized spacial score (nSPS) is 14.5. The molecule has 0 N–H and O–H groups in total. The van der Waals surface area contributed by atoms with E-state index >= 15 is 0 Å². The molecule has 6 rings (SSSR count). The second kappa shape index (κ2) is 5.18. The molecule has 2 heteroatoms. The number of hydrogen-bond acceptors (Lipinski definition) is 2. The van der Waals surface area contributed by atoms with Gasteiger partial charge in [0.15, 0.2) is 0 Å². The van der Waals surface area contributed by atoms with Gasteiger partial charge in [0.05, 0.1) is 9.40 Å². The summed E-state index contributed by atoms with van der Waals surface area (Å²) < 4.78 is 5.81. The van der Waals surface area contributed by atoms with Crippen molar-refractivity contribution in [2.75, 3.05) is 0 Å². The second-order valence-corrected chi connectivity index (χ2v) is 9.63. The predicted molar refractivity (Wildman–Crippen MR) is 119 cm³/mol. The van der Waals surface area contributed by atoms with Crippen LogP contribution < -0.4 is 0 Å². The summed E-state index contributed by atoms with van der Waals surface area (Å²) in [6.45, 7) is 4.46. The lowest BCUT2D eigenvalue weighted by Crippen LogP contribution is -1.97. The van der Waals surface area contributed by atoms with Crippen molar-refractivity contribution in [3.63, 3.8) is 0 Å². The van der Waals surface area contributed by atoms with Crippen molar-refractivity contribution in [3.05, 3.63) is 64.7 Å². The van der Waals surface area contributed by atoms with Gasteiger partial charge in [0.2, 0.25) is 0 Å². The van der Waals surface area contributed by atoms with Crippen LogP contribution in [0.4, 0.5) is 0 Å². The van der Waals surface area contributed by atoms with E-state index in [1.165, 1.54) is 75.4 Å². The van der Waals surface area contributed by atoms with Gasteiger partial charge in [-0.05, 0) is 60.7 Å². The molecule has 2 heterocycles. The van der Waals surface area contributed by atoms with Gasteiger partial charge < -0.3 is 0 Å². The van der Waals surface area contributed by atoms with Crippen LogP contribution in [0.5, 0.6) is 0 Å². The molecule has 3 aromatic carbocycles. The molecule has 0 saturated carbocycles. The highest BCUT2D eigenvalue weighted by molar-refractivity contribution is 7.36. The van der Waals surface area contributed by atoms with Crippen LogP contribution in [0.15, 0.2) is 48.0 Å². The number of benzene rings is 3. The van der Waals surface area contributed by atoms with Gasteiger partial charge in [0, 0.05) is 20.2 Å². The first kappa shape index (κ1) is 15.0. The summed E-state index contributed by atoms with van der Waals surface area (Å²) in [5.41, 5.74) is 5.83. The highest BCUT2D eigenvalue weighted by Gasteiger charge is 2.19. The molecule has 1 aliphatic rings. The predicted octanol–water partition coefficient (Wildman–Crippen LogP) is 8.08. The third kappa shape index (κ3) is 1.94. The number of aryl methyl sites for hydroxylation is 2. The van der Waals surface area contributed by atoms with Crippen molar-refractivity contribution in [1.82, 2.24) is 0 Å². The van der Waals surface area contributed by atoms with Gasteiger partial charge >= 0.3 is 0 Å². The summed E-state index contributed by atoms with van der Waals surface area (Å²) in [5, 5.41) is 5.69. The molecule has 0 radical (unpaired) electrons. The van der Waals surface area contributed by atoms with E-state index in [0.29, 0.717) is 0 Å². The minimum Gasteiger partial charge on any atom is -0.134 e. The first-order chi connectivity index (χ1) is 12.7. The lowest BCUT2D eigenvalue weighted by atomic mass is 9.91. The monoisotopic (exact) mass is 370 g/mol. The fourth-order valence-electron chi connectivity index (χ4n) is 4.37. The van der Waals surface area contributed by atoms with E-state index in [2.05, 4.69) is 62.4 Å². The summed E-state index contributed by atoms with van der Waals surface area (Å²) in [6.07, 6.45) is 4.81. The van der Waals surface area contributed by atoms with Crippen LogP contribution in [0, 0.1) is 6.92 Å². The van der Waals surface area contributed by atoms with Crippen LogP contribution in [0.1, 0.15) is 30.0 Å². The van der Waals surface area contributed by atoms with Crippen LogP contribution in [0.2, 0.25) is 0 Å². The number of allylic oxidation sites excluding steroid dienone is 1. The Labute approximate surface area is 160 Å². The van der Waals surface area contributed by atoms with E-state index in [4.69, 9.17) is 0 Å². The standard InChI is InChI=1S/C24H18S2/c1-13-3-5-15-7-9-19-21(17(15)11-13)23-24(25-19)22-18-12-14(2)4-6-16(18)8-10-20(22)26-23/h3,5,7-12H,4,6H2,1-2H3. The largest absolute Gasteiger partial charge is 0.134 e. The molecule has 1 aliphatic carbocycles. The summed E-state index contributed by atoms with van der Waals surface area (Å²) >= 11 is 3.95. The van der Waals surface area contributed by atoms with Crippen LogP contribution in [0.25, 0.3) is 46.4 Å². The molecule has 5 aromatic rings. The molecule has 2 aromatic heterocycles. The Kier molecular flexibility index (Phi) is 2.98. The molecule has 0 amide bonds. The molecule has 0 nitrogen and oxygen atoms in total. The average molecular weight is 371 g/mol. The topological polar surface area (TPSA) is 0 Å². The maximum atomic E-state index is 2.43. The van der Waals surface area contributed by atoms with Crippen molar-refractivity contribution in [1.29, 1.82) is 0 Å². The Morgan fingerprint density at radius 2 is 1.50 bits per heavy atom.